The van der Waals surface area contributed by atoms with Gasteiger partial charge in [0.25, 0.3) is 0 Å². The number of nitriles is 1. The number of alkyl halides is 3. The molecule has 2 aromatic carbocycles. The van der Waals surface area contributed by atoms with Crippen molar-refractivity contribution in [2.24, 2.45) is 0 Å². The van der Waals surface area contributed by atoms with Gasteiger partial charge in [0.15, 0.2) is 0 Å². The molecule has 1 N–H and O–H groups in total. The number of carbonyl (C=O) groups is 1. The second-order valence-electron chi connectivity index (χ2n) is 5.32. The number of aromatic amines is 1. The highest BCUT2D eigenvalue weighted by Gasteiger charge is 2.34. The fourth-order valence-electron chi connectivity index (χ4n) is 2.36. The van der Waals surface area contributed by atoms with Crippen LogP contribution in [0.15, 0.2) is 52.1 Å². The molecule has 0 bridgehead atoms. The van der Waals surface area contributed by atoms with Gasteiger partial charge in [0, 0.05) is 0 Å². The lowest BCUT2D eigenvalue weighted by Crippen LogP contribution is -2.41. The Kier molecular flexibility index (Phi) is 4.29. The van der Waals surface area contributed by atoms with E-state index in [1.165, 1.54) is 30.3 Å². The van der Waals surface area contributed by atoms with Crippen LogP contribution in [0.2, 0.25) is 0 Å². The Balaban J connectivity index is 2.25. The lowest BCUT2D eigenvalue weighted by Gasteiger charge is -2.13. The molecule has 27 heavy (non-hydrogen) atoms. The Bertz CT molecular complexity index is 1200. The molecule has 1 aromatic heterocycles. The topological polar surface area (TPSA) is 105 Å². The van der Waals surface area contributed by atoms with Crippen LogP contribution >= 0.6 is 0 Å². The number of benzene rings is 2. The maximum absolute atomic E-state index is 13.1. The lowest BCUT2D eigenvalue weighted by atomic mass is 10.1. The molecule has 0 aliphatic rings. The average molecular weight is 375 g/mol. The Hall–Kier alpha value is -3.87. The monoisotopic (exact) mass is 375 g/mol. The molecule has 3 rings (SSSR count). The van der Waals surface area contributed by atoms with Gasteiger partial charge in [-0.2, -0.15) is 18.4 Å². The van der Waals surface area contributed by atoms with Crippen molar-refractivity contribution in [3.05, 3.63) is 79.9 Å². The third-order valence-electron chi connectivity index (χ3n) is 3.59. The first-order valence-electron chi connectivity index (χ1n) is 7.30. The van der Waals surface area contributed by atoms with Gasteiger partial charge in [-0.05, 0) is 24.3 Å². The van der Waals surface area contributed by atoms with Gasteiger partial charge in [0.2, 0.25) is 0 Å². The number of hydrogen-bond acceptors (Lipinski definition) is 5. The highest BCUT2D eigenvalue weighted by atomic mass is 19.4. The van der Waals surface area contributed by atoms with E-state index in [1.54, 1.807) is 6.07 Å². The molecule has 1 heterocycles. The third-order valence-corrected chi connectivity index (χ3v) is 3.59. The molecule has 0 aliphatic heterocycles. The maximum atomic E-state index is 13.1. The number of rotatable bonds is 2. The van der Waals surface area contributed by atoms with Gasteiger partial charge in [-0.3, -0.25) is 9.59 Å². The van der Waals surface area contributed by atoms with Crippen LogP contribution in [0, 0.1) is 11.3 Å². The smallest absolute Gasteiger partial charge is 0.327 e. The number of carbonyl (C=O) groups excluding carboxylic acids is 1. The summed E-state index contributed by atoms with van der Waals surface area (Å²) in [7, 11) is 0. The molecular weight excluding hydrogens is 367 g/mol. The molecule has 3 aromatic rings. The summed E-state index contributed by atoms with van der Waals surface area (Å²) in [6.07, 6.45) is -4.86. The van der Waals surface area contributed by atoms with Crippen molar-refractivity contribution in [3.8, 4) is 6.07 Å². The minimum Gasteiger partial charge on any atom is -0.327 e. The molecule has 0 amide bonds. The second kappa shape index (κ2) is 6.45. The molecule has 0 radical (unpaired) electrons. The van der Waals surface area contributed by atoms with Gasteiger partial charge in [-0.25, -0.2) is 4.79 Å². The number of aromatic nitrogens is 2. The summed E-state index contributed by atoms with van der Waals surface area (Å²) in [5.41, 5.74) is -5.46. The molecule has 0 saturated heterocycles. The fraction of sp³-hybridized carbons (Fsp3) is 0.0588. The van der Waals surface area contributed by atoms with Gasteiger partial charge < -0.3 is 9.82 Å². The van der Waals surface area contributed by atoms with Gasteiger partial charge >= 0.3 is 23.3 Å². The van der Waals surface area contributed by atoms with Crippen molar-refractivity contribution in [1.82, 2.24) is 9.71 Å². The lowest BCUT2D eigenvalue weighted by molar-refractivity contribution is -0.137. The van der Waals surface area contributed by atoms with E-state index >= 15 is 0 Å². The first kappa shape index (κ1) is 17.9. The van der Waals surface area contributed by atoms with Gasteiger partial charge in [-0.15, -0.1) is 4.73 Å². The van der Waals surface area contributed by atoms with Crippen LogP contribution < -0.4 is 16.0 Å². The number of hydrogen-bond donors (Lipinski definition) is 1. The van der Waals surface area contributed by atoms with Crippen molar-refractivity contribution in [2.75, 3.05) is 0 Å². The van der Waals surface area contributed by atoms with E-state index in [0.717, 1.165) is 0 Å². The molecule has 0 fully saturated rings. The number of nitrogens with zero attached hydrogens (tertiary/aromatic N) is 2. The Morgan fingerprint density at radius 1 is 1.15 bits per heavy atom. The molecule has 0 unspecified atom stereocenters. The van der Waals surface area contributed by atoms with Crippen LogP contribution in [0.4, 0.5) is 13.2 Å². The Morgan fingerprint density at radius 3 is 2.41 bits per heavy atom. The highest BCUT2D eigenvalue weighted by Crippen LogP contribution is 2.33. The SMILES string of the molecule is N#Cc1cc2c(cc1C(F)(F)F)[nH]c(=O)c(=O)n2OC(=O)c1ccccc1. The highest BCUT2D eigenvalue weighted by molar-refractivity contribution is 5.90. The Labute approximate surface area is 147 Å². The molecule has 0 atom stereocenters. The van der Waals surface area contributed by atoms with Gasteiger partial charge in [0.05, 0.1) is 28.3 Å². The van der Waals surface area contributed by atoms with Crippen molar-refractivity contribution in [3.63, 3.8) is 0 Å². The van der Waals surface area contributed by atoms with Crippen molar-refractivity contribution in [2.45, 2.75) is 6.18 Å². The van der Waals surface area contributed by atoms with E-state index in [-0.39, 0.29) is 15.8 Å². The summed E-state index contributed by atoms with van der Waals surface area (Å²) >= 11 is 0. The van der Waals surface area contributed by atoms with Crippen LogP contribution in [0.5, 0.6) is 0 Å². The van der Waals surface area contributed by atoms with Crippen LogP contribution in [0.1, 0.15) is 21.5 Å². The Morgan fingerprint density at radius 2 is 1.81 bits per heavy atom. The standard InChI is InChI=1S/C17H8F3N3O4/c18-17(19,20)11-7-12-13(6-10(11)8-21)23(15(25)14(24)22-12)27-16(26)9-4-2-1-3-5-9/h1-7H,(H,22,24). The molecule has 136 valence electrons. The summed E-state index contributed by atoms with van der Waals surface area (Å²) in [5.74, 6) is -1.01. The normalized spacial score (nSPS) is 11.2. The molecule has 0 saturated carbocycles. The van der Waals surface area contributed by atoms with Crippen LogP contribution in [0.3, 0.4) is 0 Å². The zero-order chi connectivity index (χ0) is 19.8. The van der Waals surface area contributed by atoms with E-state index in [2.05, 4.69) is 0 Å². The quantitative estimate of drug-likeness (QED) is 0.689. The molecule has 7 nitrogen and oxygen atoms in total. The molecular formula is C17H8F3N3O4. The summed E-state index contributed by atoms with van der Waals surface area (Å²) in [5, 5.41) is 9.00. The fourth-order valence-corrected chi connectivity index (χ4v) is 2.36. The predicted octanol–water partition coefficient (Wildman–Crippen LogP) is 1.85. The number of fused-ring (bicyclic) bond motifs is 1. The molecule has 0 aliphatic carbocycles. The number of halogens is 3. The third kappa shape index (κ3) is 3.30. The zero-order valence-electron chi connectivity index (χ0n) is 13.2. The zero-order valence-corrected chi connectivity index (χ0v) is 13.2. The van der Waals surface area contributed by atoms with Crippen LogP contribution in [-0.2, 0) is 6.18 Å². The number of nitrogens with one attached hydrogen (secondary N) is 1. The predicted molar refractivity (Wildman–Crippen MR) is 85.9 cm³/mol. The summed E-state index contributed by atoms with van der Waals surface area (Å²) < 4.78 is 39.5. The van der Waals surface area contributed by atoms with Crippen LogP contribution in [-0.4, -0.2) is 15.7 Å². The largest absolute Gasteiger partial charge is 0.417 e. The first-order valence-corrected chi connectivity index (χ1v) is 7.30. The van der Waals surface area contributed by atoms with E-state index in [0.29, 0.717) is 12.1 Å². The molecule has 10 heteroatoms. The molecule has 0 spiro atoms. The minimum atomic E-state index is -4.86. The van der Waals surface area contributed by atoms with Crippen LogP contribution in [0.25, 0.3) is 11.0 Å². The average Bonchev–Trinajstić information content (AvgIpc) is 2.64. The van der Waals surface area contributed by atoms with E-state index in [4.69, 9.17) is 10.1 Å². The summed E-state index contributed by atoms with van der Waals surface area (Å²) in [6, 6.07) is 10.0. The van der Waals surface area contributed by atoms with Crippen molar-refractivity contribution < 1.29 is 22.8 Å². The minimum absolute atomic E-state index is 0.0465. The summed E-state index contributed by atoms with van der Waals surface area (Å²) in [6.45, 7) is 0. The van der Waals surface area contributed by atoms with E-state index < -0.39 is 39.9 Å². The van der Waals surface area contributed by atoms with Gasteiger partial charge in [-0.1, -0.05) is 18.2 Å². The van der Waals surface area contributed by atoms with Crippen molar-refractivity contribution >= 4 is 17.0 Å². The first-order chi connectivity index (χ1) is 12.7. The summed E-state index contributed by atoms with van der Waals surface area (Å²) in [4.78, 5) is 42.9. The maximum Gasteiger partial charge on any atom is 0.417 e. The van der Waals surface area contributed by atoms with Gasteiger partial charge in [0.1, 0.15) is 5.52 Å². The second-order valence-corrected chi connectivity index (χ2v) is 5.32. The van der Waals surface area contributed by atoms with Crippen molar-refractivity contribution in [1.29, 1.82) is 5.26 Å². The number of H-pyrrole nitrogens is 1. The van der Waals surface area contributed by atoms with E-state index in [9.17, 15) is 27.6 Å². The van der Waals surface area contributed by atoms with E-state index in [1.807, 2.05) is 4.98 Å².